The van der Waals surface area contributed by atoms with Crippen molar-refractivity contribution in [2.24, 2.45) is 0 Å². The molecule has 0 aliphatic heterocycles. The summed E-state index contributed by atoms with van der Waals surface area (Å²) >= 11 is 4.24. The number of hydrogen-bond donors (Lipinski definition) is 1. The van der Waals surface area contributed by atoms with Gasteiger partial charge in [0.1, 0.15) is 0 Å². The summed E-state index contributed by atoms with van der Waals surface area (Å²) in [5.74, 6) is 1.27. The fourth-order valence-corrected chi connectivity index (χ4v) is 2.02. The average Bonchev–Trinajstić information content (AvgIpc) is 2.21. The van der Waals surface area contributed by atoms with Gasteiger partial charge in [-0.25, -0.2) is 0 Å². The number of nitrogens with one attached hydrogen (secondary N) is 1. The molecule has 0 spiro atoms. The summed E-state index contributed by atoms with van der Waals surface area (Å²) in [6, 6.07) is 8.53. The summed E-state index contributed by atoms with van der Waals surface area (Å²) in [7, 11) is 0. The molecule has 1 nitrogen and oxygen atoms in total. The SMILES string of the molecule is CSCCCCNc1ccc(I)cc1. The highest BCUT2D eigenvalue weighted by atomic mass is 127. The molecule has 0 heterocycles. The Hall–Kier alpha value is 0.1000. The van der Waals surface area contributed by atoms with Gasteiger partial charge < -0.3 is 5.32 Å². The molecule has 0 saturated carbocycles. The highest BCUT2D eigenvalue weighted by Crippen LogP contribution is 2.11. The summed E-state index contributed by atoms with van der Waals surface area (Å²) in [5.41, 5.74) is 1.23. The molecule has 0 radical (unpaired) electrons. The smallest absolute Gasteiger partial charge is 0.0340 e. The molecule has 1 N–H and O–H groups in total. The van der Waals surface area contributed by atoms with E-state index in [1.807, 2.05) is 11.8 Å². The lowest BCUT2D eigenvalue weighted by Crippen LogP contribution is -2.01. The van der Waals surface area contributed by atoms with Crippen LogP contribution in [0.15, 0.2) is 24.3 Å². The van der Waals surface area contributed by atoms with Crippen LogP contribution in [0.25, 0.3) is 0 Å². The molecule has 0 amide bonds. The Morgan fingerprint density at radius 3 is 2.57 bits per heavy atom. The van der Waals surface area contributed by atoms with Crippen LogP contribution in [0.3, 0.4) is 0 Å². The number of halogens is 1. The number of rotatable bonds is 6. The average molecular weight is 321 g/mol. The van der Waals surface area contributed by atoms with E-state index < -0.39 is 0 Å². The second-order valence-corrected chi connectivity index (χ2v) is 5.36. The molecular formula is C11H16INS. The van der Waals surface area contributed by atoms with Gasteiger partial charge in [-0.3, -0.25) is 0 Å². The fourth-order valence-electron chi connectivity index (χ4n) is 1.17. The number of thioether (sulfide) groups is 1. The summed E-state index contributed by atoms with van der Waals surface area (Å²) in [5, 5.41) is 3.42. The predicted molar refractivity (Wildman–Crippen MR) is 75.3 cm³/mol. The molecule has 1 aromatic rings. The van der Waals surface area contributed by atoms with Crippen LogP contribution in [0.5, 0.6) is 0 Å². The van der Waals surface area contributed by atoms with E-state index in [0.717, 1.165) is 6.54 Å². The highest BCUT2D eigenvalue weighted by Gasteiger charge is 1.91. The maximum absolute atomic E-state index is 3.42. The third-order valence-corrected chi connectivity index (χ3v) is 3.36. The number of anilines is 1. The van der Waals surface area contributed by atoms with Gasteiger partial charge in [0.05, 0.1) is 0 Å². The molecule has 1 aromatic carbocycles. The molecule has 1 rings (SSSR count). The second-order valence-electron chi connectivity index (χ2n) is 3.13. The summed E-state index contributed by atoms with van der Waals surface area (Å²) in [6.45, 7) is 1.08. The zero-order valence-electron chi connectivity index (χ0n) is 8.42. The highest BCUT2D eigenvalue weighted by molar-refractivity contribution is 14.1. The third kappa shape index (κ3) is 5.10. The van der Waals surface area contributed by atoms with Gasteiger partial charge in [0.25, 0.3) is 0 Å². The van der Waals surface area contributed by atoms with Crippen molar-refractivity contribution in [2.75, 3.05) is 23.9 Å². The largest absolute Gasteiger partial charge is 0.385 e. The minimum atomic E-state index is 1.08. The van der Waals surface area contributed by atoms with Crippen molar-refractivity contribution in [1.82, 2.24) is 0 Å². The van der Waals surface area contributed by atoms with Crippen LogP contribution in [0.2, 0.25) is 0 Å². The number of unbranched alkanes of at least 4 members (excludes halogenated alkanes) is 1. The lowest BCUT2D eigenvalue weighted by Gasteiger charge is -2.05. The van der Waals surface area contributed by atoms with Crippen molar-refractivity contribution in [1.29, 1.82) is 0 Å². The summed E-state index contributed by atoms with van der Waals surface area (Å²) in [6.07, 6.45) is 4.72. The van der Waals surface area contributed by atoms with E-state index in [-0.39, 0.29) is 0 Å². The van der Waals surface area contributed by atoms with Crippen molar-refractivity contribution in [3.05, 3.63) is 27.8 Å². The van der Waals surface area contributed by atoms with Gasteiger partial charge in [0, 0.05) is 15.8 Å². The molecule has 14 heavy (non-hydrogen) atoms. The topological polar surface area (TPSA) is 12.0 Å². The summed E-state index contributed by atoms with van der Waals surface area (Å²) < 4.78 is 1.29. The van der Waals surface area contributed by atoms with E-state index in [0.29, 0.717) is 0 Å². The van der Waals surface area contributed by atoms with Crippen LogP contribution in [0, 0.1) is 3.57 Å². The van der Waals surface area contributed by atoms with Crippen LogP contribution in [0.1, 0.15) is 12.8 Å². The molecule has 0 bridgehead atoms. The first kappa shape index (κ1) is 12.2. The van der Waals surface area contributed by atoms with Crippen molar-refractivity contribution in [3.63, 3.8) is 0 Å². The van der Waals surface area contributed by atoms with Crippen molar-refractivity contribution < 1.29 is 0 Å². The van der Waals surface area contributed by atoms with Crippen molar-refractivity contribution >= 4 is 40.0 Å². The minimum absolute atomic E-state index is 1.08. The minimum Gasteiger partial charge on any atom is -0.385 e. The van der Waals surface area contributed by atoms with Gasteiger partial charge in [-0.15, -0.1) is 0 Å². The molecule has 0 unspecified atom stereocenters. The van der Waals surface area contributed by atoms with Gasteiger partial charge in [-0.1, -0.05) is 0 Å². The zero-order valence-corrected chi connectivity index (χ0v) is 11.4. The van der Waals surface area contributed by atoms with Crippen LogP contribution in [0.4, 0.5) is 5.69 Å². The Labute approximate surface area is 104 Å². The first-order valence-corrected chi connectivity index (χ1v) is 7.28. The lowest BCUT2D eigenvalue weighted by atomic mass is 10.3. The molecule has 0 aliphatic carbocycles. The number of benzene rings is 1. The van der Waals surface area contributed by atoms with E-state index in [4.69, 9.17) is 0 Å². The zero-order chi connectivity index (χ0) is 10.2. The Morgan fingerprint density at radius 1 is 1.21 bits per heavy atom. The molecule has 0 atom stereocenters. The van der Waals surface area contributed by atoms with Crippen LogP contribution in [-0.4, -0.2) is 18.6 Å². The van der Waals surface area contributed by atoms with E-state index in [1.165, 1.54) is 27.9 Å². The van der Waals surface area contributed by atoms with E-state index in [9.17, 15) is 0 Å². The Morgan fingerprint density at radius 2 is 1.93 bits per heavy atom. The molecule has 0 saturated heterocycles. The molecule has 0 fully saturated rings. The molecule has 3 heteroatoms. The first-order valence-electron chi connectivity index (χ1n) is 4.81. The maximum atomic E-state index is 3.42. The van der Waals surface area contributed by atoms with Crippen LogP contribution >= 0.6 is 34.4 Å². The van der Waals surface area contributed by atoms with Gasteiger partial charge in [0.15, 0.2) is 0 Å². The van der Waals surface area contributed by atoms with Gasteiger partial charge >= 0.3 is 0 Å². The van der Waals surface area contributed by atoms with E-state index in [2.05, 4.69) is 58.4 Å². The van der Waals surface area contributed by atoms with E-state index >= 15 is 0 Å². The normalized spacial score (nSPS) is 10.1. The van der Waals surface area contributed by atoms with Gasteiger partial charge in [-0.05, 0) is 71.7 Å². The Bertz CT molecular complexity index is 248. The van der Waals surface area contributed by atoms with Crippen molar-refractivity contribution in [3.8, 4) is 0 Å². The fraction of sp³-hybridized carbons (Fsp3) is 0.455. The first-order chi connectivity index (χ1) is 6.83. The molecular weight excluding hydrogens is 305 g/mol. The van der Waals surface area contributed by atoms with Gasteiger partial charge in [-0.2, -0.15) is 11.8 Å². The monoisotopic (exact) mass is 321 g/mol. The second kappa shape index (κ2) is 7.40. The quantitative estimate of drug-likeness (QED) is 0.631. The standard InChI is InChI=1S/C11H16INS/c1-14-9-3-2-8-13-11-6-4-10(12)5-7-11/h4-7,13H,2-3,8-9H2,1H3. The Kier molecular flexibility index (Phi) is 6.43. The predicted octanol–water partition coefficient (Wildman–Crippen LogP) is 3.85. The number of hydrogen-bond acceptors (Lipinski definition) is 2. The van der Waals surface area contributed by atoms with E-state index in [1.54, 1.807) is 0 Å². The Balaban J connectivity index is 2.15. The van der Waals surface area contributed by atoms with Crippen LogP contribution < -0.4 is 5.32 Å². The molecule has 0 aromatic heterocycles. The lowest BCUT2D eigenvalue weighted by molar-refractivity contribution is 0.843. The maximum Gasteiger partial charge on any atom is 0.0340 e. The summed E-state index contributed by atoms with van der Waals surface area (Å²) in [4.78, 5) is 0. The molecule has 78 valence electrons. The van der Waals surface area contributed by atoms with Gasteiger partial charge in [0.2, 0.25) is 0 Å². The third-order valence-electron chi connectivity index (χ3n) is 1.95. The molecule has 0 aliphatic rings. The van der Waals surface area contributed by atoms with Crippen molar-refractivity contribution in [2.45, 2.75) is 12.8 Å². The van der Waals surface area contributed by atoms with Crippen LogP contribution in [-0.2, 0) is 0 Å².